The molecule has 1 aromatic carbocycles. The standard InChI is InChI=1S/C11H12BrN3/c1-7-10(14-11(13)15(7)2)8-5-3-4-6-9(8)12/h3-6H,1-2H3,(H2,13,14). The van der Waals surface area contributed by atoms with E-state index in [0.717, 1.165) is 21.4 Å². The van der Waals surface area contributed by atoms with Gasteiger partial charge < -0.3 is 10.3 Å². The van der Waals surface area contributed by atoms with Gasteiger partial charge in [-0.1, -0.05) is 34.1 Å². The molecule has 0 aliphatic heterocycles. The van der Waals surface area contributed by atoms with Crippen LogP contribution in [0.25, 0.3) is 11.3 Å². The predicted octanol–water partition coefficient (Wildman–Crippen LogP) is 2.74. The van der Waals surface area contributed by atoms with Crippen LogP contribution in [0.5, 0.6) is 0 Å². The van der Waals surface area contributed by atoms with Crippen LogP contribution in [0.1, 0.15) is 5.69 Å². The molecule has 1 heterocycles. The van der Waals surface area contributed by atoms with Gasteiger partial charge in [-0.3, -0.25) is 0 Å². The van der Waals surface area contributed by atoms with Crippen molar-refractivity contribution in [1.29, 1.82) is 0 Å². The van der Waals surface area contributed by atoms with Crippen molar-refractivity contribution >= 4 is 21.9 Å². The average molecular weight is 266 g/mol. The molecule has 4 heteroatoms. The van der Waals surface area contributed by atoms with Crippen LogP contribution in [0.3, 0.4) is 0 Å². The van der Waals surface area contributed by atoms with E-state index in [1.54, 1.807) is 0 Å². The number of nitrogen functional groups attached to an aromatic ring is 1. The second-order valence-electron chi connectivity index (χ2n) is 3.44. The van der Waals surface area contributed by atoms with Gasteiger partial charge in [-0.05, 0) is 13.0 Å². The van der Waals surface area contributed by atoms with Gasteiger partial charge in [-0.25, -0.2) is 4.98 Å². The Morgan fingerprint density at radius 3 is 2.53 bits per heavy atom. The molecule has 0 fully saturated rings. The maximum atomic E-state index is 5.77. The highest BCUT2D eigenvalue weighted by molar-refractivity contribution is 9.10. The number of rotatable bonds is 1. The Labute approximate surface area is 97.1 Å². The lowest BCUT2D eigenvalue weighted by molar-refractivity contribution is 0.889. The summed E-state index contributed by atoms with van der Waals surface area (Å²) in [5, 5.41) is 0. The first-order valence-corrected chi connectivity index (χ1v) is 5.44. The molecule has 0 amide bonds. The third-order valence-corrected chi connectivity index (χ3v) is 3.24. The fourth-order valence-electron chi connectivity index (χ4n) is 1.51. The quantitative estimate of drug-likeness (QED) is 0.862. The molecule has 0 unspecified atom stereocenters. The molecule has 15 heavy (non-hydrogen) atoms. The van der Waals surface area contributed by atoms with E-state index in [4.69, 9.17) is 5.73 Å². The van der Waals surface area contributed by atoms with Gasteiger partial charge in [-0.15, -0.1) is 0 Å². The highest BCUT2D eigenvalue weighted by atomic mass is 79.9. The smallest absolute Gasteiger partial charge is 0.200 e. The van der Waals surface area contributed by atoms with Gasteiger partial charge in [0, 0.05) is 22.8 Å². The number of imidazole rings is 1. The highest BCUT2D eigenvalue weighted by Gasteiger charge is 2.12. The van der Waals surface area contributed by atoms with Crippen LogP contribution in [0.15, 0.2) is 28.7 Å². The lowest BCUT2D eigenvalue weighted by Gasteiger charge is -2.02. The number of anilines is 1. The number of halogens is 1. The zero-order chi connectivity index (χ0) is 11.0. The number of hydrogen-bond donors (Lipinski definition) is 1. The third kappa shape index (κ3) is 1.65. The molecule has 0 aliphatic carbocycles. The van der Waals surface area contributed by atoms with E-state index in [9.17, 15) is 0 Å². The van der Waals surface area contributed by atoms with Gasteiger partial charge in [0.1, 0.15) is 0 Å². The first kappa shape index (κ1) is 10.2. The maximum absolute atomic E-state index is 5.77. The Hall–Kier alpha value is -1.29. The van der Waals surface area contributed by atoms with E-state index in [0.29, 0.717) is 5.95 Å². The van der Waals surface area contributed by atoms with Gasteiger partial charge in [0.15, 0.2) is 0 Å². The molecule has 0 atom stereocenters. The molecule has 1 aromatic heterocycles. The summed E-state index contributed by atoms with van der Waals surface area (Å²) in [7, 11) is 1.91. The first-order valence-electron chi connectivity index (χ1n) is 4.65. The van der Waals surface area contributed by atoms with Crippen molar-refractivity contribution in [3.05, 3.63) is 34.4 Å². The summed E-state index contributed by atoms with van der Waals surface area (Å²) < 4.78 is 2.92. The summed E-state index contributed by atoms with van der Waals surface area (Å²) in [5.74, 6) is 0.540. The summed E-state index contributed by atoms with van der Waals surface area (Å²) in [6.07, 6.45) is 0. The van der Waals surface area contributed by atoms with Crippen molar-refractivity contribution in [2.75, 3.05) is 5.73 Å². The SMILES string of the molecule is Cc1c(-c2ccccc2Br)nc(N)n1C. The molecule has 0 spiro atoms. The Kier molecular flexibility index (Phi) is 2.52. The molecule has 2 rings (SSSR count). The van der Waals surface area contributed by atoms with Crippen molar-refractivity contribution in [1.82, 2.24) is 9.55 Å². The molecule has 0 aliphatic rings. The maximum Gasteiger partial charge on any atom is 0.200 e. The van der Waals surface area contributed by atoms with Gasteiger partial charge in [0.25, 0.3) is 0 Å². The summed E-state index contributed by atoms with van der Waals surface area (Å²) in [6.45, 7) is 2.01. The Morgan fingerprint density at radius 2 is 2.00 bits per heavy atom. The van der Waals surface area contributed by atoms with Crippen LogP contribution in [0.4, 0.5) is 5.95 Å². The van der Waals surface area contributed by atoms with Crippen LogP contribution < -0.4 is 5.73 Å². The summed E-state index contributed by atoms with van der Waals surface area (Å²) >= 11 is 3.51. The zero-order valence-electron chi connectivity index (χ0n) is 8.66. The van der Waals surface area contributed by atoms with Crippen molar-refractivity contribution in [3.63, 3.8) is 0 Å². The van der Waals surface area contributed by atoms with Crippen molar-refractivity contribution < 1.29 is 0 Å². The molecule has 3 nitrogen and oxygen atoms in total. The van der Waals surface area contributed by atoms with Crippen LogP contribution in [-0.4, -0.2) is 9.55 Å². The first-order chi connectivity index (χ1) is 7.11. The van der Waals surface area contributed by atoms with Gasteiger partial charge in [-0.2, -0.15) is 0 Å². The Morgan fingerprint density at radius 1 is 1.33 bits per heavy atom. The monoisotopic (exact) mass is 265 g/mol. The number of nitrogens with zero attached hydrogens (tertiary/aromatic N) is 2. The van der Waals surface area contributed by atoms with E-state index in [1.165, 1.54) is 0 Å². The van der Waals surface area contributed by atoms with Crippen LogP contribution in [0.2, 0.25) is 0 Å². The minimum absolute atomic E-state index is 0.540. The van der Waals surface area contributed by atoms with E-state index >= 15 is 0 Å². The molecule has 0 saturated carbocycles. The molecule has 0 saturated heterocycles. The zero-order valence-corrected chi connectivity index (χ0v) is 10.2. The Balaban J connectivity index is 2.65. The molecule has 0 radical (unpaired) electrons. The van der Waals surface area contributed by atoms with Crippen LogP contribution >= 0.6 is 15.9 Å². The van der Waals surface area contributed by atoms with E-state index in [-0.39, 0.29) is 0 Å². The topological polar surface area (TPSA) is 43.8 Å². The van der Waals surface area contributed by atoms with Crippen LogP contribution in [-0.2, 0) is 7.05 Å². The normalized spacial score (nSPS) is 10.6. The second-order valence-corrected chi connectivity index (χ2v) is 4.30. The fraction of sp³-hybridized carbons (Fsp3) is 0.182. The minimum Gasteiger partial charge on any atom is -0.369 e. The number of hydrogen-bond acceptors (Lipinski definition) is 2. The van der Waals surface area contributed by atoms with Gasteiger partial charge in [0.05, 0.1) is 5.69 Å². The Bertz CT molecular complexity index is 503. The molecule has 78 valence electrons. The number of benzene rings is 1. The molecular weight excluding hydrogens is 254 g/mol. The number of aromatic nitrogens is 2. The third-order valence-electron chi connectivity index (χ3n) is 2.54. The van der Waals surface area contributed by atoms with E-state index in [1.807, 2.05) is 42.8 Å². The van der Waals surface area contributed by atoms with Crippen LogP contribution in [0, 0.1) is 6.92 Å². The largest absolute Gasteiger partial charge is 0.369 e. The van der Waals surface area contributed by atoms with Gasteiger partial charge >= 0.3 is 0 Å². The summed E-state index contributed by atoms with van der Waals surface area (Å²) in [5.41, 5.74) is 8.84. The predicted molar refractivity (Wildman–Crippen MR) is 65.5 cm³/mol. The van der Waals surface area contributed by atoms with Crippen molar-refractivity contribution in [2.45, 2.75) is 6.92 Å². The summed E-state index contributed by atoms with van der Waals surface area (Å²) in [4.78, 5) is 4.35. The minimum atomic E-state index is 0.540. The van der Waals surface area contributed by atoms with E-state index < -0.39 is 0 Å². The second kappa shape index (κ2) is 3.70. The van der Waals surface area contributed by atoms with Crippen molar-refractivity contribution in [2.24, 2.45) is 7.05 Å². The lowest BCUT2D eigenvalue weighted by atomic mass is 10.1. The molecular formula is C11H12BrN3. The molecule has 2 N–H and O–H groups in total. The number of nitrogens with two attached hydrogens (primary N) is 1. The van der Waals surface area contributed by atoms with E-state index in [2.05, 4.69) is 20.9 Å². The lowest BCUT2D eigenvalue weighted by Crippen LogP contribution is -1.97. The van der Waals surface area contributed by atoms with Gasteiger partial charge in [0.2, 0.25) is 5.95 Å². The summed E-state index contributed by atoms with van der Waals surface area (Å²) in [6, 6.07) is 8.00. The molecule has 0 bridgehead atoms. The highest BCUT2D eigenvalue weighted by Crippen LogP contribution is 2.30. The fourth-order valence-corrected chi connectivity index (χ4v) is 1.98. The molecule has 2 aromatic rings. The average Bonchev–Trinajstić information content (AvgIpc) is 2.47. The van der Waals surface area contributed by atoms with Crippen molar-refractivity contribution in [3.8, 4) is 11.3 Å².